The van der Waals surface area contributed by atoms with E-state index in [-0.39, 0.29) is 0 Å². The molecule has 0 aliphatic heterocycles. The molecule has 0 atom stereocenters. The Hall–Kier alpha value is -2.12. The SMILES string of the molecule is C=Cc1ccc(C2CCC(c3ccc(COC/C=C/CC)cc3)CC2)cc1. The molecule has 0 bridgehead atoms. The summed E-state index contributed by atoms with van der Waals surface area (Å²) in [6, 6.07) is 18.0. The van der Waals surface area contributed by atoms with Gasteiger partial charge < -0.3 is 4.74 Å². The van der Waals surface area contributed by atoms with Crippen molar-refractivity contribution in [2.45, 2.75) is 57.5 Å². The molecule has 0 saturated heterocycles. The molecule has 142 valence electrons. The van der Waals surface area contributed by atoms with Crippen molar-refractivity contribution in [2.24, 2.45) is 0 Å². The number of rotatable bonds is 8. The topological polar surface area (TPSA) is 9.23 Å². The Balaban J connectivity index is 1.48. The molecule has 1 nitrogen and oxygen atoms in total. The van der Waals surface area contributed by atoms with E-state index in [2.05, 4.69) is 74.2 Å². The van der Waals surface area contributed by atoms with Crippen LogP contribution in [0.4, 0.5) is 0 Å². The molecule has 1 aliphatic rings. The Morgan fingerprint density at radius 1 is 0.852 bits per heavy atom. The predicted molar refractivity (Wildman–Crippen MR) is 116 cm³/mol. The summed E-state index contributed by atoms with van der Waals surface area (Å²) in [7, 11) is 0. The molecule has 0 spiro atoms. The summed E-state index contributed by atoms with van der Waals surface area (Å²) in [5.74, 6) is 1.42. The quantitative estimate of drug-likeness (QED) is 0.356. The Morgan fingerprint density at radius 3 is 1.93 bits per heavy atom. The maximum Gasteiger partial charge on any atom is 0.0721 e. The molecule has 2 aromatic rings. The number of allylic oxidation sites excluding steroid dienone is 1. The fraction of sp³-hybridized carbons (Fsp3) is 0.385. The van der Waals surface area contributed by atoms with E-state index in [1.54, 1.807) is 0 Å². The second-order valence-corrected chi connectivity index (χ2v) is 7.56. The number of hydrogen-bond donors (Lipinski definition) is 0. The van der Waals surface area contributed by atoms with E-state index >= 15 is 0 Å². The van der Waals surface area contributed by atoms with Crippen LogP contribution >= 0.6 is 0 Å². The Morgan fingerprint density at radius 2 is 1.41 bits per heavy atom. The van der Waals surface area contributed by atoms with Gasteiger partial charge in [0.25, 0.3) is 0 Å². The Kier molecular flexibility index (Phi) is 7.47. The highest BCUT2D eigenvalue weighted by Gasteiger charge is 2.23. The van der Waals surface area contributed by atoms with Crippen LogP contribution < -0.4 is 0 Å². The molecule has 1 aliphatic carbocycles. The minimum Gasteiger partial charge on any atom is -0.373 e. The van der Waals surface area contributed by atoms with Crippen molar-refractivity contribution in [2.75, 3.05) is 6.61 Å². The monoisotopic (exact) mass is 360 g/mol. The first-order valence-corrected chi connectivity index (χ1v) is 10.3. The molecule has 1 fully saturated rings. The molecule has 0 unspecified atom stereocenters. The second kappa shape index (κ2) is 10.3. The molecule has 1 heteroatoms. The highest BCUT2D eigenvalue weighted by atomic mass is 16.5. The van der Waals surface area contributed by atoms with E-state index in [9.17, 15) is 0 Å². The Labute approximate surface area is 164 Å². The summed E-state index contributed by atoms with van der Waals surface area (Å²) in [5, 5.41) is 0. The fourth-order valence-corrected chi connectivity index (χ4v) is 4.03. The zero-order chi connectivity index (χ0) is 18.9. The zero-order valence-electron chi connectivity index (χ0n) is 16.6. The van der Waals surface area contributed by atoms with E-state index < -0.39 is 0 Å². The van der Waals surface area contributed by atoms with Crippen molar-refractivity contribution in [1.29, 1.82) is 0 Å². The number of ether oxygens (including phenoxy) is 1. The lowest BCUT2D eigenvalue weighted by Gasteiger charge is -2.29. The van der Waals surface area contributed by atoms with Crippen LogP contribution in [0.5, 0.6) is 0 Å². The lowest BCUT2D eigenvalue weighted by Crippen LogP contribution is -2.12. The van der Waals surface area contributed by atoms with Gasteiger partial charge in [-0.15, -0.1) is 0 Å². The smallest absolute Gasteiger partial charge is 0.0721 e. The highest BCUT2D eigenvalue weighted by molar-refractivity contribution is 5.47. The lowest BCUT2D eigenvalue weighted by molar-refractivity contribution is 0.148. The first-order valence-electron chi connectivity index (χ1n) is 10.3. The van der Waals surface area contributed by atoms with Crippen LogP contribution in [0.25, 0.3) is 6.08 Å². The average molecular weight is 361 g/mol. The molecular weight excluding hydrogens is 328 g/mol. The molecule has 3 rings (SSSR count). The van der Waals surface area contributed by atoms with Crippen molar-refractivity contribution in [3.05, 3.63) is 89.5 Å². The van der Waals surface area contributed by atoms with Gasteiger partial charge in [0.1, 0.15) is 0 Å². The van der Waals surface area contributed by atoms with Crippen LogP contribution in [-0.2, 0) is 11.3 Å². The second-order valence-electron chi connectivity index (χ2n) is 7.56. The number of benzene rings is 2. The largest absolute Gasteiger partial charge is 0.373 e. The lowest BCUT2D eigenvalue weighted by atomic mass is 9.76. The molecule has 0 aromatic heterocycles. The van der Waals surface area contributed by atoms with Crippen LogP contribution in [-0.4, -0.2) is 6.61 Å². The third-order valence-corrected chi connectivity index (χ3v) is 5.71. The normalized spacial score (nSPS) is 20.0. The summed E-state index contributed by atoms with van der Waals surface area (Å²) < 4.78 is 5.69. The van der Waals surface area contributed by atoms with Gasteiger partial charge in [0.15, 0.2) is 0 Å². The maximum absolute atomic E-state index is 5.69. The van der Waals surface area contributed by atoms with Crippen LogP contribution in [0, 0.1) is 0 Å². The van der Waals surface area contributed by atoms with Crippen molar-refractivity contribution < 1.29 is 4.74 Å². The zero-order valence-corrected chi connectivity index (χ0v) is 16.6. The molecule has 1 saturated carbocycles. The van der Waals surface area contributed by atoms with Gasteiger partial charge in [-0.1, -0.05) is 80.3 Å². The summed E-state index contributed by atoms with van der Waals surface area (Å²) in [6.07, 6.45) is 12.4. The molecule has 0 N–H and O–H groups in total. The van der Waals surface area contributed by atoms with Crippen LogP contribution in [0.2, 0.25) is 0 Å². The maximum atomic E-state index is 5.69. The van der Waals surface area contributed by atoms with Gasteiger partial charge in [-0.3, -0.25) is 0 Å². The predicted octanol–water partition coefficient (Wildman–Crippen LogP) is 7.25. The average Bonchev–Trinajstić information content (AvgIpc) is 2.74. The van der Waals surface area contributed by atoms with Gasteiger partial charge in [-0.05, 0) is 66.2 Å². The summed E-state index contributed by atoms with van der Waals surface area (Å²) >= 11 is 0. The van der Waals surface area contributed by atoms with Crippen molar-refractivity contribution >= 4 is 6.08 Å². The summed E-state index contributed by atoms with van der Waals surface area (Å²) in [6.45, 7) is 7.38. The third kappa shape index (κ3) is 5.68. The van der Waals surface area contributed by atoms with Gasteiger partial charge in [0.05, 0.1) is 13.2 Å². The van der Waals surface area contributed by atoms with Gasteiger partial charge >= 0.3 is 0 Å². The first-order chi connectivity index (χ1) is 13.3. The van der Waals surface area contributed by atoms with Crippen molar-refractivity contribution in [1.82, 2.24) is 0 Å². The summed E-state index contributed by atoms with van der Waals surface area (Å²) in [4.78, 5) is 0. The van der Waals surface area contributed by atoms with E-state index in [1.807, 2.05) is 6.08 Å². The van der Waals surface area contributed by atoms with Crippen LogP contribution in [0.15, 0.2) is 67.3 Å². The number of hydrogen-bond acceptors (Lipinski definition) is 1. The first kappa shape index (κ1) is 19.6. The molecule has 0 amide bonds. The highest BCUT2D eigenvalue weighted by Crippen LogP contribution is 2.40. The minimum atomic E-state index is 0.696. The van der Waals surface area contributed by atoms with E-state index in [1.165, 1.54) is 47.9 Å². The molecule has 27 heavy (non-hydrogen) atoms. The third-order valence-electron chi connectivity index (χ3n) is 5.71. The van der Waals surface area contributed by atoms with Crippen LogP contribution in [0.3, 0.4) is 0 Å². The Bertz CT molecular complexity index is 716. The van der Waals surface area contributed by atoms with Crippen molar-refractivity contribution in [3.63, 3.8) is 0 Å². The van der Waals surface area contributed by atoms with E-state index in [0.717, 1.165) is 6.42 Å². The summed E-state index contributed by atoms with van der Waals surface area (Å²) in [5.41, 5.74) is 5.45. The minimum absolute atomic E-state index is 0.696. The molecule has 2 aromatic carbocycles. The fourth-order valence-electron chi connectivity index (χ4n) is 4.03. The van der Waals surface area contributed by atoms with Gasteiger partial charge in [-0.25, -0.2) is 0 Å². The van der Waals surface area contributed by atoms with Gasteiger partial charge in [0.2, 0.25) is 0 Å². The van der Waals surface area contributed by atoms with E-state index in [4.69, 9.17) is 4.74 Å². The van der Waals surface area contributed by atoms with Crippen molar-refractivity contribution in [3.8, 4) is 0 Å². The molecule has 0 radical (unpaired) electrons. The molecule has 0 heterocycles. The molecular formula is C26H32O. The van der Waals surface area contributed by atoms with Gasteiger partial charge in [-0.2, -0.15) is 0 Å². The van der Waals surface area contributed by atoms with Crippen LogP contribution in [0.1, 0.15) is 73.1 Å². The standard InChI is InChI=1S/C26H32O/c1-3-5-6-19-27-20-22-9-13-24(14-10-22)26-17-15-25(16-18-26)23-11-7-21(4-2)8-12-23/h4-14,25-26H,2-3,15-20H2,1H3/b6-5+. The van der Waals surface area contributed by atoms with Gasteiger partial charge in [0, 0.05) is 0 Å². The van der Waals surface area contributed by atoms with E-state index in [0.29, 0.717) is 25.0 Å².